The molecule has 7 heteroatoms. The maximum atomic E-state index is 12.7. The van der Waals surface area contributed by atoms with E-state index < -0.39 is 23.2 Å². The summed E-state index contributed by atoms with van der Waals surface area (Å²) in [4.78, 5) is 37.3. The van der Waals surface area contributed by atoms with Gasteiger partial charge in [0.25, 0.3) is 0 Å². The van der Waals surface area contributed by atoms with Gasteiger partial charge >= 0.3 is 18.0 Å². The molecule has 0 aromatic carbocycles. The van der Waals surface area contributed by atoms with E-state index in [4.69, 9.17) is 14.2 Å². The molecule has 2 aliphatic rings. The largest absolute Gasteiger partial charge is 0.466 e. The second kappa shape index (κ2) is 7.22. The number of hydrogen-bond donors (Lipinski definition) is 1. The number of rotatable bonds is 5. The van der Waals surface area contributed by atoms with E-state index in [2.05, 4.69) is 5.32 Å². The maximum Gasteiger partial charge on any atom is 0.408 e. The van der Waals surface area contributed by atoms with E-state index in [1.54, 1.807) is 34.6 Å². The van der Waals surface area contributed by atoms with E-state index in [1.807, 2.05) is 0 Å². The second-order valence-electron chi connectivity index (χ2n) is 7.68. The zero-order chi connectivity index (χ0) is 18.8. The molecule has 2 aliphatic carbocycles. The number of hydrogen-bond acceptors (Lipinski definition) is 6. The molecule has 0 unspecified atom stereocenters. The van der Waals surface area contributed by atoms with Crippen LogP contribution in [0.3, 0.4) is 0 Å². The highest BCUT2D eigenvalue weighted by atomic mass is 16.6. The van der Waals surface area contributed by atoms with Gasteiger partial charge in [0.15, 0.2) is 0 Å². The third-order valence-electron chi connectivity index (χ3n) is 4.77. The number of ether oxygens (including phenoxy) is 3. The van der Waals surface area contributed by atoms with Crippen LogP contribution in [0.15, 0.2) is 0 Å². The molecular formula is C18H29NO6. The lowest BCUT2D eigenvalue weighted by Crippen LogP contribution is -2.59. The van der Waals surface area contributed by atoms with E-state index in [-0.39, 0.29) is 30.3 Å². The van der Waals surface area contributed by atoms with Crippen LogP contribution >= 0.6 is 0 Å². The molecule has 0 radical (unpaired) electrons. The van der Waals surface area contributed by atoms with Gasteiger partial charge in [-0.25, -0.2) is 9.59 Å². The molecule has 0 bridgehead atoms. The summed E-state index contributed by atoms with van der Waals surface area (Å²) in [5.41, 5.74) is -1.91. The highest BCUT2D eigenvalue weighted by molar-refractivity contribution is 5.89. The molecule has 0 aromatic heterocycles. The van der Waals surface area contributed by atoms with Crippen LogP contribution in [-0.2, 0) is 23.8 Å². The van der Waals surface area contributed by atoms with Crippen molar-refractivity contribution in [3.8, 4) is 0 Å². The molecule has 1 amide bonds. The van der Waals surface area contributed by atoms with Crippen LogP contribution in [0.5, 0.6) is 0 Å². The van der Waals surface area contributed by atoms with Crippen LogP contribution in [0.1, 0.15) is 53.9 Å². The maximum absolute atomic E-state index is 12.7. The summed E-state index contributed by atoms with van der Waals surface area (Å²) in [5, 5.41) is 2.75. The molecule has 2 saturated carbocycles. The smallest absolute Gasteiger partial charge is 0.408 e. The van der Waals surface area contributed by atoms with Crippen LogP contribution in [0.4, 0.5) is 4.79 Å². The first kappa shape index (κ1) is 19.5. The molecule has 0 aliphatic heterocycles. The molecule has 0 saturated heterocycles. The summed E-state index contributed by atoms with van der Waals surface area (Å²) in [6.45, 7) is 9.23. The molecule has 0 heterocycles. The Morgan fingerprint density at radius 2 is 1.76 bits per heavy atom. The van der Waals surface area contributed by atoms with Crippen LogP contribution in [0.2, 0.25) is 0 Å². The third-order valence-corrected chi connectivity index (χ3v) is 4.77. The number of esters is 2. The van der Waals surface area contributed by atoms with E-state index >= 15 is 0 Å². The summed E-state index contributed by atoms with van der Waals surface area (Å²) in [7, 11) is 0. The molecule has 2 fully saturated rings. The Hall–Kier alpha value is -1.79. The molecule has 7 nitrogen and oxygen atoms in total. The van der Waals surface area contributed by atoms with Crippen molar-refractivity contribution in [3.63, 3.8) is 0 Å². The predicted molar refractivity (Wildman–Crippen MR) is 89.7 cm³/mol. The summed E-state index contributed by atoms with van der Waals surface area (Å²) in [6, 6.07) is 0. The van der Waals surface area contributed by atoms with Crippen molar-refractivity contribution in [2.45, 2.75) is 65.0 Å². The molecule has 0 aromatic rings. The molecule has 1 N–H and O–H groups in total. The summed E-state index contributed by atoms with van der Waals surface area (Å²) < 4.78 is 15.7. The van der Waals surface area contributed by atoms with Gasteiger partial charge in [-0.05, 0) is 53.4 Å². The van der Waals surface area contributed by atoms with Crippen molar-refractivity contribution in [1.29, 1.82) is 0 Å². The number of nitrogens with one attached hydrogen (secondary N) is 1. The molecule has 0 spiro atoms. The van der Waals surface area contributed by atoms with Crippen molar-refractivity contribution < 1.29 is 28.6 Å². The van der Waals surface area contributed by atoms with Crippen molar-refractivity contribution in [3.05, 3.63) is 0 Å². The average Bonchev–Trinajstić information content (AvgIpc) is 3.21. The number of fused-ring (bicyclic) bond motifs is 1. The first-order valence-electron chi connectivity index (χ1n) is 9.01. The predicted octanol–water partition coefficient (Wildman–Crippen LogP) is 2.42. The Labute approximate surface area is 148 Å². The zero-order valence-corrected chi connectivity index (χ0v) is 15.7. The monoisotopic (exact) mass is 355 g/mol. The first-order chi connectivity index (χ1) is 11.7. The van der Waals surface area contributed by atoms with Gasteiger partial charge in [-0.3, -0.25) is 4.79 Å². The van der Waals surface area contributed by atoms with E-state index in [0.29, 0.717) is 13.0 Å². The highest BCUT2D eigenvalue weighted by Crippen LogP contribution is 2.60. The van der Waals surface area contributed by atoms with Gasteiger partial charge in [0, 0.05) is 5.92 Å². The standard InChI is InChI=1S/C18H29NO6/c1-6-23-14(20)12-11-9-8-10-18(13(11)12,15(21)24-7-2)19-16(22)25-17(3,4)5/h11-13H,6-10H2,1-5H3,(H,19,22)/t11-,12+,13-,18-/m0/s1. The van der Waals surface area contributed by atoms with Crippen LogP contribution in [0, 0.1) is 17.8 Å². The van der Waals surface area contributed by atoms with Gasteiger partial charge in [-0.1, -0.05) is 6.42 Å². The van der Waals surface area contributed by atoms with E-state index in [1.165, 1.54) is 0 Å². The quantitative estimate of drug-likeness (QED) is 0.602. The molecule has 142 valence electrons. The SMILES string of the molecule is CCOC(=O)[C@@H]1[C@@H]2CCC[C@@](NC(=O)OC(C)(C)C)(C(=O)OCC)[C@@H]21. The lowest BCUT2D eigenvalue weighted by atomic mass is 9.81. The minimum Gasteiger partial charge on any atom is -0.466 e. The topological polar surface area (TPSA) is 90.9 Å². The Balaban J connectivity index is 2.25. The summed E-state index contributed by atoms with van der Waals surface area (Å²) >= 11 is 0. The molecule has 4 atom stereocenters. The Morgan fingerprint density at radius 1 is 1.12 bits per heavy atom. The van der Waals surface area contributed by atoms with Gasteiger partial charge in [0.1, 0.15) is 11.1 Å². The number of amides is 1. The molecule has 2 rings (SSSR count). The highest BCUT2D eigenvalue weighted by Gasteiger charge is 2.70. The Kier molecular flexibility index (Phi) is 5.64. The van der Waals surface area contributed by atoms with Gasteiger partial charge in [0.2, 0.25) is 0 Å². The van der Waals surface area contributed by atoms with Gasteiger partial charge in [-0.2, -0.15) is 0 Å². The average molecular weight is 355 g/mol. The summed E-state index contributed by atoms with van der Waals surface area (Å²) in [6.07, 6.45) is 1.33. The lowest BCUT2D eigenvalue weighted by molar-refractivity contribution is -0.154. The minimum absolute atomic E-state index is 0.0344. The van der Waals surface area contributed by atoms with Crippen molar-refractivity contribution >= 4 is 18.0 Å². The van der Waals surface area contributed by atoms with E-state index in [9.17, 15) is 14.4 Å². The first-order valence-corrected chi connectivity index (χ1v) is 9.01. The second-order valence-corrected chi connectivity index (χ2v) is 7.68. The fourth-order valence-corrected chi connectivity index (χ4v) is 3.93. The van der Waals surface area contributed by atoms with Gasteiger partial charge in [0.05, 0.1) is 19.1 Å². The van der Waals surface area contributed by atoms with Gasteiger partial charge in [-0.15, -0.1) is 0 Å². The Morgan fingerprint density at radius 3 is 2.32 bits per heavy atom. The van der Waals surface area contributed by atoms with Crippen LogP contribution in [-0.4, -0.2) is 42.4 Å². The third kappa shape index (κ3) is 4.07. The number of alkyl carbamates (subject to hydrolysis) is 1. The van der Waals surface area contributed by atoms with Crippen molar-refractivity contribution in [2.75, 3.05) is 13.2 Å². The fourth-order valence-electron chi connectivity index (χ4n) is 3.93. The zero-order valence-electron chi connectivity index (χ0n) is 15.7. The summed E-state index contributed by atoms with van der Waals surface area (Å²) in [5.74, 6) is -1.44. The van der Waals surface area contributed by atoms with Crippen molar-refractivity contribution in [2.24, 2.45) is 17.8 Å². The minimum atomic E-state index is -1.22. The van der Waals surface area contributed by atoms with E-state index in [0.717, 1.165) is 12.8 Å². The molecule has 25 heavy (non-hydrogen) atoms. The number of carbonyl (C=O) groups excluding carboxylic acids is 3. The van der Waals surface area contributed by atoms with Crippen LogP contribution in [0.25, 0.3) is 0 Å². The molecular weight excluding hydrogens is 326 g/mol. The van der Waals surface area contributed by atoms with Gasteiger partial charge < -0.3 is 19.5 Å². The fraction of sp³-hybridized carbons (Fsp3) is 0.833. The number of carbonyl (C=O) groups is 3. The normalized spacial score (nSPS) is 30.7. The Bertz CT molecular complexity index is 540. The lowest BCUT2D eigenvalue weighted by Gasteiger charge is -2.36. The van der Waals surface area contributed by atoms with Crippen molar-refractivity contribution in [1.82, 2.24) is 5.32 Å². The van der Waals surface area contributed by atoms with Crippen LogP contribution < -0.4 is 5.32 Å².